The van der Waals surface area contributed by atoms with E-state index in [4.69, 9.17) is 15.2 Å². The van der Waals surface area contributed by atoms with E-state index >= 15 is 0 Å². The van der Waals surface area contributed by atoms with Crippen LogP contribution in [0.5, 0.6) is 11.5 Å². The maximum Gasteiger partial charge on any atom is 0.269 e. The number of hydrogen-bond donors (Lipinski definition) is 1. The molecule has 6 nitrogen and oxygen atoms in total. The van der Waals surface area contributed by atoms with Crippen molar-refractivity contribution in [3.8, 4) is 11.5 Å². The van der Waals surface area contributed by atoms with Gasteiger partial charge in [-0.05, 0) is 49.4 Å². The molecule has 6 heteroatoms. The Kier molecular flexibility index (Phi) is 5.84. The molecule has 2 heterocycles. The Bertz CT molecular complexity index is 807. The molecule has 1 aliphatic heterocycles. The molecule has 1 aromatic heterocycles. The molecule has 0 spiro atoms. The van der Waals surface area contributed by atoms with Crippen LogP contribution in [0.1, 0.15) is 32.3 Å². The quantitative estimate of drug-likeness (QED) is 0.755. The number of nitrogens with two attached hydrogens (primary N) is 1. The zero-order chi connectivity index (χ0) is 19.4. The van der Waals surface area contributed by atoms with Crippen LogP contribution in [0.2, 0.25) is 0 Å². The molecule has 1 atom stereocenters. The fraction of sp³-hybridized carbons (Fsp3) is 0.429. The van der Waals surface area contributed by atoms with Crippen molar-refractivity contribution in [3.63, 3.8) is 0 Å². The number of benzene rings is 1. The fourth-order valence-corrected chi connectivity index (χ4v) is 3.09. The van der Waals surface area contributed by atoms with E-state index in [2.05, 4.69) is 4.98 Å². The van der Waals surface area contributed by atoms with Crippen molar-refractivity contribution in [1.82, 2.24) is 4.98 Å². The lowest BCUT2D eigenvalue weighted by molar-refractivity contribution is -0.128. The summed E-state index contributed by atoms with van der Waals surface area (Å²) in [5, 5.41) is 0. The first kappa shape index (κ1) is 19.0. The number of aryl methyl sites for hydroxylation is 1. The monoisotopic (exact) mass is 369 g/mol. The first-order valence-corrected chi connectivity index (χ1v) is 9.40. The highest BCUT2D eigenvalue weighted by atomic mass is 16.5. The normalized spacial score (nSPS) is 16.2. The Morgan fingerprint density at radius 3 is 2.74 bits per heavy atom. The Morgan fingerprint density at radius 2 is 2.00 bits per heavy atom. The van der Waals surface area contributed by atoms with Gasteiger partial charge in [0.25, 0.3) is 5.91 Å². The summed E-state index contributed by atoms with van der Waals surface area (Å²) < 4.78 is 11.7. The van der Waals surface area contributed by atoms with Crippen LogP contribution >= 0.6 is 0 Å². The van der Waals surface area contributed by atoms with Crippen LogP contribution in [0.25, 0.3) is 0 Å². The van der Waals surface area contributed by atoms with Gasteiger partial charge in [-0.2, -0.15) is 0 Å². The number of ether oxygens (including phenoxy) is 2. The van der Waals surface area contributed by atoms with Gasteiger partial charge in [0, 0.05) is 6.54 Å². The summed E-state index contributed by atoms with van der Waals surface area (Å²) in [6.07, 6.45) is 1.15. The third kappa shape index (κ3) is 4.32. The van der Waals surface area contributed by atoms with Crippen molar-refractivity contribution in [2.75, 3.05) is 23.8 Å². The summed E-state index contributed by atoms with van der Waals surface area (Å²) in [6, 6.07) is 11.4. The van der Waals surface area contributed by atoms with E-state index in [1.54, 1.807) is 17.0 Å². The second-order valence-electron chi connectivity index (χ2n) is 7.15. The second-order valence-corrected chi connectivity index (χ2v) is 7.15. The van der Waals surface area contributed by atoms with Crippen LogP contribution in [-0.4, -0.2) is 30.1 Å². The summed E-state index contributed by atoms with van der Waals surface area (Å²) in [5.74, 6) is 2.42. The first-order valence-electron chi connectivity index (χ1n) is 9.40. The lowest BCUT2D eigenvalue weighted by atomic mass is 10.0. The fourth-order valence-electron chi connectivity index (χ4n) is 3.09. The topological polar surface area (TPSA) is 77.7 Å². The number of carbonyl (C=O) groups is 1. The maximum absolute atomic E-state index is 12.9. The number of carbonyl (C=O) groups excluding carboxylic acids is 1. The molecule has 0 saturated carbocycles. The molecule has 144 valence electrons. The van der Waals surface area contributed by atoms with Gasteiger partial charge >= 0.3 is 0 Å². The molecular weight excluding hydrogens is 342 g/mol. The van der Waals surface area contributed by atoms with Crippen LogP contribution in [0.4, 0.5) is 11.6 Å². The average molecular weight is 369 g/mol. The third-order valence-corrected chi connectivity index (χ3v) is 4.61. The van der Waals surface area contributed by atoms with Gasteiger partial charge in [0.15, 0.2) is 17.7 Å². The minimum atomic E-state index is -0.494. The summed E-state index contributed by atoms with van der Waals surface area (Å²) in [7, 11) is 0. The van der Waals surface area contributed by atoms with Crippen LogP contribution in [0, 0.1) is 12.8 Å². The minimum absolute atomic E-state index is 0.0598. The minimum Gasteiger partial charge on any atom is -0.493 e. The molecule has 0 saturated heterocycles. The molecule has 1 aromatic carbocycles. The molecular formula is C21H27N3O3. The zero-order valence-electron chi connectivity index (χ0n) is 16.1. The number of amides is 1. The highest BCUT2D eigenvalue weighted by molar-refractivity contribution is 5.99. The molecule has 0 aliphatic carbocycles. The number of para-hydroxylation sites is 1. The number of aromatic nitrogens is 1. The largest absolute Gasteiger partial charge is 0.493 e. The van der Waals surface area contributed by atoms with Gasteiger partial charge < -0.3 is 15.2 Å². The van der Waals surface area contributed by atoms with E-state index in [-0.39, 0.29) is 11.8 Å². The molecule has 2 aromatic rings. The second kappa shape index (κ2) is 8.29. The maximum atomic E-state index is 12.9. The van der Waals surface area contributed by atoms with Gasteiger partial charge in [0.05, 0.1) is 6.61 Å². The lowest BCUT2D eigenvalue weighted by Gasteiger charge is -2.35. The number of nitrogen functional groups attached to an aromatic ring is 1. The SMILES string of the molecule is Cc1ccccc1OCCCCN1C(=O)C(C(C)C)Oc2ccc(N)nc21. The number of nitrogens with zero attached hydrogens (tertiary/aromatic N) is 2. The van der Waals surface area contributed by atoms with Crippen LogP contribution in [0.15, 0.2) is 36.4 Å². The Hall–Kier alpha value is -2.76. The number of hydrogen-bond acceptors (Lipinski definition) is 5. The third-order valence-electron chi connectivity index (χ3n) is 4.61. The van der Waals surface area contributed by atoms with E-state index < -0.39 is 6.10 Å². The number of fused-ring (bicyclic) bond motifs is 1. The standard InChI is InChI=1S/C21H27N3O3/c1-14(2)19-21(25)24(20-17(27-19)10-11-18(22)23-20)12-6-7-13-26-16-9-5-4-8-15(16)3/h4-5,8-11,14,19H,6-7,12-13H2,1-3H3,(H2,22,23). The van der Waals surface area contributed by atoms with Crippen LogP contribution < -0.4 is 20.1 Å². The van der Waals surface area contributed by atoms with Crippen molar-refractivity contribution in [2.24, 2.45) is 5.92 Å². The van der Waals surface area contributed by atoms with E-state index in [1.165, 1.54) is 0 Å². The summed E-state index contributed by atoms with van der Waals surface area (Å²) >= 11 is 0. The van der Waals surface area contributed by atoms with Crippen LogP contribution in [-0.2, 0) is 4.79 Å². The van der Waals surface area contributed by atoms with E-state index in [9.17, 15) is 4.79 Å². The summed E-state index contributed by atoms with van der Waals surface area (Å²) in [4.78, 5) is 18.9. The van der Waals surface area contributed by atoms with Crippen molar-refractivity contribution in [3.05, 3.63) is 42.0 Å². The van der Waals surface area contributed by atoms with Crippen molar-refractivity contribution in [2.45, 2.75) is 39.7 Å². The summed E-state index contributed by atoms with van der Waals surface area (Å²) in [5.41, 5.74) is 6.93. The smallest absolute Gasteiger partial charge is 0.269 e. The molecule has 1 aliphatic rings. The molecule has 1 amide bonds. The van der Waals surface area contributed by atoms with Gasteiger partial charge in [0.2, 0.25) is 0 Å². The number of unbranched alkanes of at least 4 members (excludes halogenated alkanes) is 1. The number of pyridine rings is 1. The van der Waals surface area contributed by atoms with Crippen LogP contribution in [0.3, 0.4) is 0 Å². The van der Waals surface area contributed by atoms with Gasteiger partial charge in [-0.15, -0.1) is 0 Å². The Balaban J connectivity index is 1.62. The predicted octanol–water partition coefficient (Wildman–Crippen LogP) is 3.58. The van der Waals surface area contributed by atoms with Crippen molar-refractivity contribution >= 4 is 17.5 Å². The van der Waals surface area contributed by atoms with Gasteiger partial charge in [-0.25, -0.2) is 4.98 Å². The zero-order valence-corrected chi connectivity index (χ0v) is 16.1. The predicted molar refractivity (Wildman–Crippen MR) is 106 cm³/mol. The molecule has 3 rings (SSSR count). The number of rotatable bonds is 7. The lowest BCUT2D eigenvalue weighted by Crippen LogP contribution is -2.49. The Labute approximate surface area is 160 Å². The van der Waals surface area contributed by atoms with E-state index in [0.717, 1.165) is 24.2 Å². The van der Waals surface area contributed by atoms with Gasteiger partial charge in [0.1, 0.15) is 11.6 Å². The first-order chi connectivity index (χ1) is 13.0. The molecule has 1 unspecified atom stereocenters. The molecule has 0 radical (unpaired) electrons. The van der Waals surface area contributed by atoms with Crippen molar-refractivity contribution < 1.29 is 14.3 Å². The highest BCUT2D eigenvalue weighted by Crippen LogP contribution is 2.34. The Morgan fingerprint density at radius 1 is 1.22 bits per heavy atom. The van der Waals surface area contributed by atoms with Crippen molar-refractivity contribution in [1.29, 1.82) is 0 Å². The summed E-state index contributed by atoms with van der Waals surface area (Å²) in [6.45, 7) is 7.15. The molecule has 0 bridgehead atoms. The number of anilines is 2. The van der Waals surface area contributed by atoms with Gasteiger partial charge in [-0.1, -0.05) is 32.0 Å². The van der Waals surface area contributed by atoms with E-state index in [0.29, 0.717) is 30.5 Å². The molecule has 27 heavy (non-hydrogen) atoms. The highest BCUT2D eigenvalue weighted by Gasteiger charge is 2.37. The molecule has 0 fully saturated rings. The molecule has 2 N–H and O–H groups in total. The average Bonchev–Trinajstić information content (AvgIpc) is 2.64. The van der Waals surface area contributed by atoms with Gasteiger partial charge in [-0.3, -0.25) is 9.69 Å². The van der Waals surface area contributed by atoms with E-state index in [1.807, 2.05) is 45.0 Å².